The first-order valence-corrected chi connectivity index (χ1v) is 9.58. The van der Waals surface area contributed by atoms with Crippen molar-refractivity contribution in [3.63, 3.8) is 0 Å². The summed E-state index contributed by atoms with van der Waals surface area (Å²) in [6.45, 7) is 4.67. The molecule has 2 heterocycles. The molecule has 0 N–H and O–H groups in total. The molecule has 0 radical (unpaired) electrons. The number of piperazine rings is 1. The van der Waals surface area contributed by atoms with Crippen LogP contribution in [0, 0.1) is 12.7 Å². The average molecular weight is 382 g/mol. The van der Waals surface area contributed by atoms with Crippen molar-refractivity contribution < 1.29 is 9.18 Å². The molecule has 1 saturated heterocycles. The predicted octanol–water partition coefficient (Wildman–Crippen LogP) is 3.62. The fourth-order valence-corrected chi connectivity index (χ4v) is 3.85. The monoisotopic (exact) mass is 382 g/mol. The molecular formula is C20H19FN4OS. The third-order valence-corrected chi connectivity index (χ3v) is 5.48. The number of aromatic nitrogens is 2. The molecule has 1 aliphatic heterocycles. The quantitative estimate of drug-likeness (QED) is 0.694. The van der Waals surface area contributed by atoms with Gasteiger partial charge in [0.2, 0.25) is 0 Å². The van der Waals surface area contributed by atoms with Crippen molar-refractivity contribution in [3.8, 4) is 11.3 Å². The molecule has 27 heavy (non-hydrogen) atoms. The minimum Gasteiger partial charge on any atom is -0.368 e. The fraction of sp³-hybridized carbons (Fsp3) is 0.250. The molecule has 5 nitrogen and oxygen atoms in total. The first kappa shape index (κ1) is 17.6. The van der Waals surface area contributed by atoms with E-state index in [2.05, 4.69) is 14.5 Å². The lowest BCUT2D eigenvalue weighted by molar-refractivity contribution is 0.0752. The Kier molecular flexibility index (Phi) is 4.85. The first-order chi connectivity index (χ1) is 13.1. The lowest BCUT2D eigenvalue weighted by Crippen LogP contribution is -2.48. The predicted molar refractivity (Wildman–Crippen MR) is 105 cm³/mol. The van der Waals surface area contributed by atoms with Gasteiger partial charge in [0.05, 0.1) is 0 Å². The first-order valence-electron chi connectivity index (χ1n) is 8.81. The molecule has 2 aromatic carbocycles. The van der Waals surface area contributed by atoms with Crippen LogP contribution in [0.25, 0.3) is 11.3 Å². The van der Waals surface area contributed by atoms with Gasteiger partial charge in [-0.05, 0) is 42.7 Å². The van der Waals surface area contributed by atoms with E-state index in [1.54, 1.807) is 12.1 Å². The Bertz CT molecular complexity index is 931. The highest BCUT2D eigenvalue weighted by molar-refractivity contribution is 7.08. The molecule has 0 bridgehead atoms. The summed E-state index contributed by atoms with van der Waals surface area (Å²) in [6.07, 6.45) is 0. The van der Waals surface area contributed by atoms with E-state index < -0.39 is 0 Å². The van der Waals surface area contributed by atoms with Gasteiger partial charge >= 0.3 is 0 Å². The van der Waals surface area contributed by atoms with E-state index in [1.165, 1.54) is 12.1 Å². The zero-order valence-corrected chi connectivity index (χ0v) is 15.7. The van der Waals surface area contributed by atoms with Crippen molar-refractivity contribution in [2.75, 3.05) is 31.1 Å². The molecule has 1 amide bonds. The van der Waals surface area contributed by atoms with Gasteiger partial charge in [-0.15, -0.1) is 5.10 Å². The number of anilines is 1. The second kappa shape index (κ2) is 7.44. The number of carbonyl (C=O) groups is 1. The van der Waals surface area contributed by atoms with Crippen LogP contribution < -0.4 is 4.90 Å². The Balaban J connectivity index is 1.46. The van der Waals surface area contributed by atoms with Crippen molar-refractivity contribution in [2.24, 2.45) is 0 Å². The van der Waals surface area contributed by atoms with Crippen molar-refractivity contribution in [1.82, 2.24) is 14.5 Å². The lowest BCUT2D eigenvalue weighted by Gasteiger charge is -2.36. The number of nitrogens with zero attached hydrogens (tertiary/aromatic N) is 4. The number of aryl methyl sites for hydroxylation is 1. The van der Waals surface area contributed by atoms with Crippen LogP contribution in [0.1, 0.15) is 15.2 Å². The number of benzene rings is 2. The maximum Gasteiger partial charge on any atom is 0.268 e. The van der Waals surface area contributed by atoms with E-state index in [9.17, 15) is 9.18 Å². The smallest absolute Gasteiger partial charge is 0.268 e. The van der Waals surface area contributed by atoms with Crippen LogP contribution in [-0.2, 0) is 0 Å². The highest BCUT2D eigenvalue weighted by Crippen LogP contribution is 2.26. The molecule has 0 unspecified atom stereocenters. The summed E-state index contributed by atoms with van der Waals surface area (Å²) in [5.74, 6) is -0.270. The molecule has 0 saturated carbocycles. The van der Waals surface area contributed by atoms with Gasteiger partial charge in [0, 0.05) is 37.4 Å². The zero-order chi connectivity index (χ0) is 18.8. The Labute approximate surface area is 161 Å². The largest absolute Gasteiger partial charge is 0.368 e. The number of carbonyl (C=O) groups excluding carboxylic acids is 1. The summed E-state index contributed by atoms with van der Waals surface area (Å²) in [7, 11) is 0. The Morgan fingerprint density at radius 3 is 2.33 bits per heavy atom. The molecule has 1 aliphatic rings. The number of rotatable bonds is 3. The average Bonchev–Trinajstić information content (AvgIpc) is 3.18. The highest BCUT2D eigenvalue weighted by Gasteiger charge is 2.26. The highest BCUT2D eigenvalue weighted by atomic mass is 32.1. The normalized spacial score (nSPS) is 14.4. The van der Waals surface area contributed by atoms with Crippen LogP contribution >= 0.6 is 11.5 Å². The van der Waals surface area contributed by atoms with Gasteiger partial charge in [0.25, 0.3) is 5.91 Å². The van der Waals surface area contributed by atoms with Crippen LogP contribution in [-0.4, -0.2) is 46.6 Å². The molecule has 0 aliphatic carbocycles. The maximum absolute atomic E-state index is 13.1. The van der Waals surface area contributed by atoms with E-state index in [0.29, 0.717) is 36.8 Å². The van der Waals surface area contributed by atoms with E-state index >= 15 is 0 Å². The molecule has 7 heteroatoms. The number of halogens is 1. The van der Waals surface area contributed by atoms with Crippen LogP contribution in [0.2, 0.25) is 0 Å². The minimum absolute atomic E-state index is 0.0284. The van der Waals surface area contributed by atoms with Crippen molar-refractivity contribution in [2.45, 2.75) is 6.92 Å². The van der Waals surface area contributed by atoms with Crippen LogP contribution in [0.3, 0.4) is 0 Å². The van der Waals surface area contributed by atoms with Gasteiger partial charge in [-0.2, -0.15) is 0 Å². The summed E-state index contributed by atoms with van der Waals surface area (Å²) in [6, 6.07) is 14.4. The van der Waals surface area contributed by atoms with Crippen molar-refractivity contribution in [3.05, 3.63) is 64.8 Å². The van der Waals surface area contributed by atoms with Crippen molar-refractivity contribution in [1.29, 1.82) is 0 Å². The molecule has 1 fully saturated rings. The number of amides is 1. The molecule has 3 aromatic rings. The standard InChI is InChI=1S/C20H19FN4OS/c1-14-2-4-15(5-3-14)18-19(27-23-22-18)20(26)25-12-10-24(11-13-25)17-8-6-16(21)7-9-17/h2-9H,10-13H2,1H3. The number of hydrogen-bond donors (Lipinski definition) is 0. The Morgan fingerprint density at radius 1 is 1.00 bits per heavy atom. The molecule has 0 atom stereocenters. The molecule has 0 spiro atoms. The Morgan fingerprint density at radius 2 is 1.67 bits per heavy atom. The molecule has 138 valence electrons. The number of hydrogen-bond acceptors (Lipinski definition) is 5. The van der Waals surface area contributed by atoms with E-state index in [1.807, 2.05) is 36.1 Å². The van der Waals surface area contributed by atoms with E-state index in [0.717, 1.165) is 28.3 Å². The SMILES string of the molecule is Cc1ccc(-c2nnsc2C(=O)N2CCN(c3ccc(F)cc3)CC2)cc1. The minimum atomic E-state index is -0.242. The lowest BCUT2D eigenvalue weighted by atomic mass is 10.1. The summed E-state index contributed by atoms with van der Waals surface area (Å²) < 4.78 is 17.1. The third kappa shape index (κ3) is 3.68. The van der Waals surface area contributed by atoms with Crippen LogP contribution in [0.15, 0.2) is 48.5 Å². The molecular weight excluding hydrogens is 363 g/mol. The summed E-state index contributed by atoms with van der Waals surface area (Å²) in [5.41, 5.74) is 3.68. The maximum atomic E-state index is 13.1. The van der Waals surface area contributed by atoms with Gasteiger partial charge < -0.3 is 9.80 Å². The van der Waals surface area contributed by atoms with Crippen LogP contribution in [0.5, 0.6) is 0 Å². The van der Waals surface area contributed by atoms with Gasteiger partial charge in [-0.25, -0.2) is 4.39 Å². The molecule has 4 rings (SSSR count). The van der Waals surface area contributed by atoms with Crippen LogP contribution in [0.4, 0.5) is 10.1 Å². The third-order valence-electron chi connectivity index (χ3n) is 4.77. The second-order valence-corrected chi connectivity index (χ2v) is 7.33. The van der Waals surface area contributed by atoms with Gasteiger partial charge in [0.15, 0.2) is 0 Å². The topological polar surface area (TPSA) is 49.3 Å². The summed E-state index contributed by atoms with van der Waals surface area (Å²) >= 11 is 1.14. The second-order valence-electron chi connectivity index (χ2n) is 6.57. The van der Waals surface area contributed by atoms with Gasteiger partial charge in [0.1, 0.15) is 16.4 Å². The summed E-state index contributed by atoms with van der Waals surface area (Å²) in [5, 5.41) is 4.18. The van der Waals surface area contributed by atoms with E-state index in [-0.39, 0.29) is 11.7 Å². The Hall–Kier alpha value is -2.80. The van der Waals surface area contributed by atoms with E-state index in [4.69, 9.17) is 0 Å². The van der Waals surface area contributed by atoms with Gasteiger partial charge in [-0.3, -0.25) is 4.79 Å². The molecule has 1 aromatic heterocycles. The zero-order valence-electron chi connectivity index (χ0n) is 14.9. The summed E-state index contributed by atoms with van der Waals surface area (Å²) in [4.78, 5) is 17.6. The fourth-order valence-electron chi connectivity index (χ4n) is 3.19. The van der Waals surface area contributed by atoms with Crippen molar-refractivity contribution >= 4 is 23.1 Å². The van der Waals surface area contributed by atoms with Gasteiger partial charge in [-0.1, -0.05) is 34.3 Å².